The number of aliphatic imine (C=N–C) groups is 1. The molecule has 2 rings (SSSR count). The summed E-state index contributed by atoms with van der Waals surface area (Å²) in [6.07, 6.45) is 10.7. The number of rotatable bonds is 1. The van der Waals surface area contributed by atoms with Crippen LogP contribution >= 0.6 is 0 Å². The van der Waals surface area contributed by atoms with Gasteiger partial charge in [-0.1, -0.05) is 0 Å². The van der Waals surface area contributed by atoms with E-state index in [1.165, 1.54) is 16.7 Å². The Morgan fingerprint density at radius 2 is 1.88 bits per heavy atom. The predicted octanol–water partition coefficient (Wildman–Crippen LogP) is 3.12. The molecular formula is C14H14NO. The van der Waals surface area contributed by atoms with Crippen molar-refractivity contribution < 1.29 is 4.74 Å². The molecule has 81 valence electrons. The molecule has 0 amide bonds. The van der Waals surface area contributed by atoms with E-state index in [1.807, 2.05) is 24.3 Å². The van der Waals surface area contributed by atoms with Crippen molar-refractivity contribution in [1.82, 2.24) is 0 Å². The maximum absolute atomic E-state index is 5.25. The zero-order valence-electron chi connectivity index (χ0n) is 9.74. The first kappa shape index (κ1) is 10.9. The minimum Gasteiger partial charge on any atom is -0.366 e. The first-order valence-corrected chi connectivity index (χ1v) is 5.20. The summed E-state index contributed by atoms with van der Waals surface area (Å²) in [5.41, 5.74) is 4.79. The Kier molecular flexibility index (Phi) is 3.04. The Hall–Kier alpha value is -1.63. The highest BCUT2D eigenvalue weighted by Crippen LogP contribution is 2.32. The summed E-state index contributed by atoms with van der Waals surface area (Å²) in [6, 6.07) is 0. The molecule has 2 heteroatoms. The van der Waals surface area contributed by atoms with E-state index in [2.05, 4.69) is 24.7 Å². The third-order valence-electron chi connectivity index (χ3n) is 2.65. The molecule has 0 aromatic rings. The van der Waals surface area contributed by atoms with Crippen molar-refractivity contribution in [3.05, 3.63) is 58.9 Å². The molecule has 0 aromatic carbocycles. The highest BCUT2D eigenvalue weighted by molar-refractivity contribution is 5.68. The Morgan fingerprint density at radius 1 is 1.19 bits per heavy atom. The van der Waals surface area contributed by atoms with Gasteiger partial charge in [-0.15, -0.1) is 0 Å². The van der Waals surface area contributed by atoms with Gasteiger partial charge in [0.15, 0.2) is 0 Å². The second kappa shape index (κ2) is 4.48. The number of methoxy groups -OCH3 is 1. The molecule has 1 aliphatic heterocycles. The van der Waals surface area contributed by atoms with Gasteiger partial charge in [0.25, 0.3) is 0 Å². The summed E-state index contributed by atoms with van der Waals surface area (Å²) in [5.74, 6) is 2.86. The molecule has 1 heterocycles. The van der Waals surface area contributed by atoms with E-state index in [0.29, 0.717) is 0 Å². The van der Waals surface area contributed by atoms with Crippen molar-refractivity contribution in [2.45, 2.75) is 13.8 Å². The summed E-state index contributed by atoms with van der Waals surface area (Å²) < 4.78 is 5.25. The Labute approximate surface area is 96.0 Å². The molecule has 2 aliphatic rings. The van der Waals surface area contributed by atoms with Gasteiger partial charge in [0, 0.05) is 19.4 Å². The van der Waals surface area contributed by atoms with Crippen LogP contribution in [0.1, 0.15) is 13.8 Å². The summed E-state index contributed by atoms with van der Waals surface area (Å²) in [4.78, 5) is 3.91. The first-order valence-electron chi connectivity index (χ1n) is 5.20. The number of hydrogen-bond donors (Lipinski definition) is 0. The summed E-state index contributed by atoms with van der Waals surface area (Å²) in [7, 11) is 1.69. The SMILES string of the molecule is CO[C]1C=C(C)C(=C2C=C=NC=C2)C(C)=C1. The van der Waals surface area contributed by atoms with Crippen LogP contribution in [0.2, 0.25) is 0 Å². The lowest BCUT2D eigenvalue weighted by atomic mass is 9.88. The monoisotopic (exact) mass is 212 g/mol. The zero-order chi connectivity index (χ0) is 11.5. The van der Waals surface area contributed by atoms with E-state index in [1.54, 1.807) is 13.3 Å². The van der Waals surface area contributed by atoms with Crippen molar-refractivity contribution >= 4 is 5.87 Å². The summed E-state index contributed by atoms with van der Waals surface area (Å²) in [5, 5.41) is 0. The minimum atomic E-state index is 0.900. The maximum atomic E-state index is 5.25. The molecular weight excluding hydrogens is 198 g/mol. The fraction of sp³-hybridized carbons (Fsp3) is 0.214. The fourth-order valence-corrected chi connectivity index (χ4v) is 1.97. The number of allylic oxidation sites excluding steroid dienone is 6. The second-order valence-corrected chi connectivity index (χ2v) is 3.81. The van der Waals surface area contributed by atoms with Crippen LogP contribution in [0, 0.1) is 6.10 Å². The van der Waals surface area contributed by atoms with Crippen molar-refractivity contribution in [3.8, 4) is 0 Å². The molecule has 0 N–H and O–H groups in total. The lowest BCUT2D eigenvalue weighted by Crippen LogP contribution is -2.05. The van der Waals surface area contributed by atoms with Crippen LogP contribution in [-0.4, -0.2) is 13.0 Å². The number of hydrogen-bond acceptors (Lipinski definition) is 2. The van der Waals surface area contributed by atoms with Gasteiger partial charge in [-0.05, 0) is 60.2 Å². The largest absolute Gasteiger partial charge is 0.366 e. The fourth-order valence-electron chi connectivity index (χ4n) is 1.97. The number of ether oxygens (including phenoxy) is 1. The average molecular weight is 212 g/mol. The smallest absolute Gasteiger partial charge is 0.141 e. The van der Waals surface area contributed by atoms with E-state index in [0.717, 1.165) is 11.7 Å². The van der Waals surface area contributed by atoms with Crippen LogP contribution in [0.3, 0.4) is 0 Å². The molecule has 0 saturated carbocycles. The van der Waals surface area contributed by atoms with Gasteiger partial charge in [0.1, 0.15) is 6.10 Å². The lowest BCUT2D eigenvalue weighted by Gasteiger charge is -2.20. The van der Waals surface area contributed by atoms with Crippen LogP contribution in [0.15, 0.2) is 57.8 Å². The Bertz CT molecular complexity index is 461. The summed E-state index contributed by atoms with van der Waals surface area (Å²) in [6.45, 7) is 4.18. The first-order chi connectivity index (χ1) is 7.72. The van der Waals surface area contributed by atoms with Crippen LogP contribution in [0.25, 0.3) is 0 Å². The molecule has 16 heavy (non-hydrogen) atoms. The quantitative estimate of drug-likeness (QED) is 0.654. The average Bonchev–Trinajstić information content (AvgIpc) is 2.29. The molecule has 0 saturated heterocycles. The van der Waals surface area contributed by atoms with Gasteiger partial charge >= 0.3 is 0 Å². The third-order valence-corrected chi connectivity index (χ3v) is 2.65. The molecule has 0 atom stereocenters. The van der Waals surface area contributed by atoms with E-state index in [4.69, 9.17) is 4.74 Å². The van der Waals surface area contributed by atoms with E-state index < -0.39 is 0 Å². The van der Waals surface area contributed by atoms with Crippen molar-refractivity contribution in [2.24, 2.45) is 4.99 Å². The van der Waals surface area contributed by atoms with Gasteiger partial charge in [-0.2, -0.15) is 0 Å². The van der Waals surface area contributed by atoms with Crippen molar-refractivity contribution in [1.29, 1.82) is 0 Å². The highest BCUT2D eigenvalue weighted by Gasteiger charge is 2.16. The van der Waals surface area contributed by atoms with Gasteiger partial charge in [0.05, 0.1) is 0 Å². The molecule has 0 spiro atoms. The van der Waals surface area contributed by atoms with E-state index >= 15 is 0 Å². The van der Waals surface area contributed by atoms with Crippen LogP contribution in [0.4, 0.5) is 0 Å². The van der Waals surface area contributed by atoms with E-state index in [-0.39, 0.29) is 0 Å². The lowest BCUT2D eigenvalue weighted by molar-refractivity contribution is 0.256. The molecule has 2 nitrogen and oxygen atoms in total. The topological polar surface area (TPSA) is 21.6 Å². The molecule has 1 aliphatic carbocycles. The van der Waals surface area contributed by atoms with E-state index in [9.17, 15) is 0 Å². The Balaban J connectivity index is 2.48. The minimum absolute atomic E-state index is 0.900. The highest BCUT2D eigenvalue weighted by atomic mass is 16.5. The van der Waals surface area contributed by atoms with Gasteiger partial charge in [-0.3, -0.25) is 0 Å². The van der Waals surface area contributed by atoms with Crippen molar-refractivity contribution in [3.63, 3.8) is 0 Å². The van der Waals surface area contributed by atoms with Crippen LogP contribution in [0.5, 0.6) is 0 Å². The number of nitrogens with zero attached hydrogens (tertiary/aromatic N) is 1. The van der Waals surface area contributed by atoms with Gasteiger partial charge in [-0.25, -0.2) is 4.99 Å². The predicted molar refractivity (Wildman–Crippen MR) is 65.9 cm³/mol. The molecule has 1 radical (unpaired) electrons. The standard InChI is InChI=1S/C14H14NO/c1-10-8-13(16-3)9-11(2)14(10)12-4-6-15-7-5-12/h4-6,8-9H,1-3H3. The van der Waals surface area contributed by atoms with Crippen LogP contribution < -0.4 is 0 Å². The summed E-state index contributed by atoms with van der Waals surface area (Å²) >= 11 is 0. The molecule has 0 aromatic heterocycles. The Morgan fingerprint density at radius 3 is 2.38 bits per heavy atom. The zero-order valence-corrected chi connectivity index (χ0v) is 9.74. The second-order valence-electron chi connectivity index (χ2n) is 3.81. The normalized spacial score (nSPS) is 20.2. The third kappa shape index (κ3) is 1.99. The van der Waals surface area contributed by atoms with Gasteiger partial charge in [0.2, 0.25) is 0 Å². The molecule has 0 fully saturated rings. The molecule has 0 unspecified atom stereocenters. The maximum Gasteiger partial charge on any atom is 0.141 e. The van der Waals surface area contributed by atoms with Gasteiger partial charge < -0.3 is 4.74 Å². The molecule has 0 bridgehead atoms. The van der Waals surface area contributed by atoms with Crippen molar-refractivity contribution in [2.75, 3.05) is 7.11 Å². The van der Waals surface area contributed by atoms with Crippen LogP contribution in [-0.2, 0) is 4.74 Å².